The Balaban J connectivity index is 2.20. The first-order valence-corrected chi connectivity index (χ1v) is 8.10. The number of thiophene rings is 1. The molecule has 98 valence electrons. The maximum atomic E-state index is 12.3. The highest BCUT2D eigenvalue weighted by molar-refractivity contribution is 9.12. The Kier molecular flexibility index (Phi) is 4.29. The van der Waals surface area contributed by atoms with E-state index in [-0.39, 0.29) is 17.7 Å². The van der Waals surface area contributed by atoms with E-state index in [9.17, 15) is 9.59 Å². The predicted molar refractivity (Wildman–Crippen MR) is 78.7 cm³/mol. The van der Waals surface area contributed by atoms with Crippen molar-refractivity contribution in [1.29, 1.82) is 0 Å². The summed E-state index contributed by atoms with van der Waals surface area (Å²) in [5.74, 6) is 0.441. The Labute approximate surface area is 127 Å². The van der Waals surface area contributed by atoms with Crippen LogP contribution in [0.15, 0.2) is 13.6 Å². The minimum Gasteiger partial charge on any atom is -0.278 e. The Hall–Kier alpha value is -0.200. The molecule has 2 heterocycles. The minimum absolute atomic E-state index is 0.0621. The second-order valence-electron chi connectivity index (χ2n) is 4.76. The molecule has 18 heavy (non-hydrogen) atoms. The highest BCUT2D eigenvalue weighted by atomic mass is 79.9. The van der Waals surface area contributed by atoms with E-state index in [4.69, 9.17) is 0 Å². The normalized spacial score (nSPS) is 19.9. The van der Waals surface area contributed by atoms with Gasteiger partial charge in [0.05, 0.1) is 13.1 Å². The second-order valence-corrected chi connectivity index (χ2v) is 8.50. The molecule has 6 heteroatoms. The molecule has 3 nitrogen and oxygen atoms in total. The number of carbonyl (C=O) groups is 2. The van der Waals surface area contributed by atoms with Crippen LogP contribution in [0.3, 0.4) is 0 Å². The smallest absolute Gasteiger partial charge is 0.262 e. The lowest BCUT2D eigenvalue weighted by atomic mass is 9.95. The van der Waals surface area contributed by atoms with Crippen molar-refractivity contribution in [1.82, 2.24) is 4.90 Å². The van der Waals surface area contributed by atoms with Crippen LogP contribution >= 0.6 is 43.2 Å². The Bertz CT molecular complexity index is 498. The highest BCUT2D eigenvalue weighted by Gasteiger charge is 2.36. The topological polar surface area (TPSA) is 37.4 Å². The third kappa shape index (κ3) is 2.70. The van der Waals surface area contributed by atoms with Crippen LogP contribution in [0.2, 0.25) is 0 Å². The summed E-state index contributed by atoms with van der Waals surface area (Å²) in [5, 5.41) is 0. The van der Waals surface area contributed by atoms with Crippen LogP contribution in [0.1, 0.15) is 30.6 Å². The fourth-order valence-corrected chi connectivity index (χ4v) is 4.79. The van der Waals surface area contributed by atoms with Gasteiger partial charge in [-0.1, -0.05) is 13.8 Å². The van der Waals surface area contributed by atoms with Crippen LogP contribution in [-0.4, -0.2) is 23.3 Å². The van der Waals surface area contributed by atoms with Crippen LogP contribution in [0.5, 0.6) is 0 Å². The van der Waals surface area contributed by atoms with Gasteiger partial charge < -0.3 is 0 Å². The quantitative estimate of drug-likeness (QED) is 0.713. The molecule has 1 fully saturated rings. The van der Waals surface area contributed by atoms with E-state index in [1.165, 1.54) is 16.2 Å². The number of imide groups is 1. The van der Waals surface area contributed by atoms with Gasteiger partial charge in [0.15, 0.2) is 0 Å². The average Bonchev–Trinajstić information content (AvgIpc) is 2.81. The van der Waals surface area contributed by atoms with E-state index in [1.54, 1.807) is 6.07 Å². The molecule has 1 aromatic heterocycles. The molecule has 1 saturated heterocycles. The number of nitrogens with zero attached hydrogens (tertiary/aromatic N) is 1. The van der Waals surface area contributed by atoms with Crippen molar-refractivity contribution in [3.05, 3.63) is 19.2 Å². The van der Waals surface area contributed by atoms with Gasteiger partial charge in [0, 0.05) is 13.0 Å². The van der Waals surface area contributed by atoms with E-state index < -0.39 is 0 Å². The van der Waals surface area contributed by atoms with Gasteiger partial charge >= 0.3 is 0 Å². The molecular weight excluding hydrogens is 382 g/mol. The molecule has 0 radical (unpaired) electrons. The molecule has 2 rings (SSSR count). The van der Waals surface area contributed by atoms with Crippen molar-refractivity contribution < 1.29 is 9.59 Å². The lowest BCUT2D eigenvalue weighted by molar-refractivity contribution is -0.125. The number of carbonyl (C=O) groups excluding carboxylic acids is 2. The lowest BCUT2D eigenvalue weighted by Gasteiger charge is -2.16. The number of likely N-dealkylation sites (tertiary alicyclic amines) is 1. The number of hydrogen-bond donors (Lipinski definition) is 0. The largest absolute Gasteiger partial charge is 0.278 e. The molecule has 1 aliphatic rings. The van der Waals surface area contributed by atoms with Gasteiger partial charge in [-0.15, -0.1) is 11.3 Å². The lowest BCUT2D eigenvalue weighted by Crippen LogP contribution is -2.32. The maximum Gasteiger partial charge on any atom is 0.262 e. The zero-order valence-electron chi connectivity index (χ0n) is 10.1. The Morgan fingerprint density at radius 1 is 1.50 bits per heavy atom. The van der Waals surface area contributed by atoms with E-state index in [0.717, 1.165) is 7.57 Å². The summed E-state index contributed by atoms with van der Waals surface area (Å²) in [5.41, 5.74) is 0.560. The fraction of sp³-hybridized carbons (Fsp3) is 0.500. The molecule has 1 unspecified atom stereocenters. The third-order valence-corrected chi connectivity index (χ3v) is 5.57. The second kappa shape index (κ2) is 5.43. The van der Waals surface area contributed by atoms with Crippen LogP contribution < -0.4 is 0 Å². The molecule has 1 aliphatic heterocycles. The minimum atomic E-state index is -0.197. The average molecular weight is 395 g/mol. The van der Waals surface area contributed by atoms with E-state index in [2.05, 4.69) is 45.7 Å². The van der Waals surface area contributed by atoms with Crippen molar-refractivity contribution >= 4 is 55.0 Å². The van der Waals surface area contributed by atoms with E-state index >= 15 is 0 Å². The summed E-state index contributed by atoms with van der Waals surface area (Å²) in [6.45, 7) is 4.71. The van der Waals surface area contributed by atoms with Crippen LogP contribution in [0, 0.1) is 11.8 Å². The summed E-state index contributed by atoms with van der Waals surface area (Å²) >= 11 is 8.14. The standard InChI is InChI=1S/C12H13Br2NO2S/c1-6(2)7-3-10(16)15(5-7)12(17)8-4-9(13)18-11(8)14/h4,6-7H,3,5H2,1-2H3. The number of amides is 2. The van der Waals surface area contributed by atoms with Crippen molar-refractivity contribution in [2.45, 2.75) is 20.3 Å². The zero-order chi connectivity index (χ0) is 13.4. The molecule has 0 aromatic carbocycles. The van der Waals surface area contributed by atoms with Crippen LogP contribution in [-0.2, 0) is 4.79 Å². The molecular formula is C12H13Br2NO2S. The summed E-state index contributed by atoms with van der Waals surface area (Å²) < 4.78 is 1.64. The molecule has 0 saturated carbocycles. The van der Waals surface area contributed by atoms with Crippen LogP contribution in [0.4, 0.5) is 0 Å². The molecule has 0 N–H and O–H groups in total. The summed E-state index contributed by atoms with van der Waals surface area (Å²) in [6.07, 6.45) is 0.479. The van der Waals surface area contributed by atoms with Gasteiger partial charge in [-0.3, -0.25) is 14.5 Å². The Morgan fingerprint density at radius 3 is 2.61 bits per heavy atom. The van der Waals surface area contributed by atoms with Crippen molar-refractivity contribution in [3.63, 3.8) is 0 Å². The van der Waals surface area contributed by atoms with Crippen molar-refractivity contribution in [3.8, 4) is 0 Å². The number of rotatable bonds is 2. The van der Waals surface area contributed by atoms with Crippen molar-refractivity contribution in [2.24, 2.45) is 11.8 Å². The predicted octanol–water partition coefficient (Wildman–Crippen LogP) is 3.92. The first-order valence-electron chi connectivity index (χ1n) is 5.69. The summed E-state index contributed by atoms with van der Waals surface area (Å²) in [4.78, 5) is 25.6. The number of halogens is 2. The SMILES string of the molecule is CC(C)C1CC(=O)N(C(=O)c2cc(Br)sc2Br)C1. The van der Waals surface area contributed by atoms with E-state index in [1.807, 2.05) is 0 Å². The summed E-state index contributed by atoms with van der Waals surface area (Å²) in [6, 6.07) is 1.76. The molecule has 0 spiro atoms. The van der Waals surface area contributed by atoms with Gasteiger partial charge in [-0.25, -0.2) is 0 Å². The van der Waals surface area contributed by atoms with Gasteiger partial charge in [0.1, 0.15) is 0 Å². The van der Waals surface area contributed by atoms with Crippen molar-refractivity contribution in [2.75, 3.05) is 6.54 Å². The zero-order valence-corrected chi connectivity index (χ0v) is 14.1. The molecule has 1 atom stereocenters. The first kappa shape index (κ1) is 14.2. The molecule has 1 aromatic rings. The maximum absolute atomic E-state index is 12.3. The highest BCUT2D eigenvalue weighted by Crippen LogP contribution is 2.34. The molecule has 0 bridgehead atoms. The summed E-state index contributed by atoms with van der Waals surface area (Å²) in [7, 11) is 0. The third-order valence-electron chi connectivity index (χ3n) is 3.23. The van der Waals surface area contributed by atoms with Gasteiger partial charge in [-0.05, 0) is 49.8 Å². The fourth-order valence-electron chi connectivity index (χ4n) is 2.01. The first-order chi connectivity index (χ1) is 8.40. The van der Waals surface area contributed by atoms with E-state index in [0.29, 0.717) is 24.4 Å². The monoisotopic (exact) mass is 393 g/mol. The Morgan fingerprint density at radius 2 is 2.17 bits per heavy atom. The van der Waals surface area contributed by atoms with Gasteiger partial charge in [0.2, 0.25) is 5.91 Å². The molecule has 2 amide bonds. The van der Waals surface area contributed by atoms with Gasteiger partial charge in [0.25, 0.3) is 5.91 Å². The van der Waals surface area contributed by atoms with Crippen LogP contribution in [0.25, 0.3) is 0 Å². The molecule has 0 aliphatic carbocycles. The van der Waals surface area contributed by atoms with Gasteiger partial charge in [-0.2, -0.15) is 0 Å². The number of hydrogen-bond acceptors (Lipinski definition) is 3.